The molecular formula is C18H19NO5. The first-order valence-corrected chi connectivity index (χ1v) is 7.64. The highest BCUT2D eigenvalue weighted by molar-refractivity contribution is 5.96. The Morgan fingerprint density at radius 1 is 1.12 bits per heavy atom. The fraction of sp³-hybridized carbons (Fsp3) is 0.222. The second kappa shape index (κ2) is 8.01. The maximum absolute atomic E-state index is 11.9. The molecule has 0 aliphatic heterocycles. The van der Waals surface area contributed by atoms with Gasteiger partial charge in [-0.3, -0.25) is 5.32 Å². The van der Waals surface area contributed by atoms with Crippen molar-refractivity contribution in [1.82, 2.24) is 0 Å². The number of aromatic carboxylic acids is 1. The van der Waals surface area contributed by atoms with Gasteiger partial charge in [0.15, 0.2) is 5.75 Å². The van der Waals surface area contributed by atoms with E-state index in [4.69, 9.17) is 9.84 Å². The molecule has 1 amide bonds. The van der Waals surface area contributed by atoms with Gasteiger partial charge in [-0.1, -0.05) is 31.5 Å². The summed E-state index contributed by atoms with van der Waals surface area (Å²) in [5, 5.41) is 21.1. The molecule has 0 fully saturated rings. The van der Waals surface area contributed by atoms with Crippen molar-refractivity contribution in [2.24, 2.45) is 0 Å². The molecule has 0 unspecified atom stereocenters. The number of carbonyl (C=O) groups excluding carboxylic acids is 1. The number of carboxylic acids is 1. The van der Waals surface area contributed by atoms with Gasteiger partial charge in [-0.25, -0.2) is 9.59 Å². The summed E-state index contributed by atoms with van der Waals surface area (Å²) in [5.74, 6) is -1.44. The highest BCUT2D eigenvalue weighted by atomic mass is 16.6. The van der Waals surface area contributed by atoms with Crippen LogP contribution >= 0.6 is 0 Å². The number of amides is 1. The van der Waals surface area contributed by atoms with Gasteiger partial charge in [-0.05, 0) is 42.7 Å². The van der Waals surface area contributed by atoms with Crippen LogP contribution in [0.25, 0.3) is 0 Å². The number of carboxylic acid groups (broad SMARTS) is 1. The SMILES string of the molecule is CCCCc1ccc(OC(=O)Nc2cccc(C(=O)O)c2O)cc1. The van der Waals surface area contributed by atoms with E-state index in [1.807, 2.05) is 12.1 Å². The molecule has 2 aromatic carbocycles. The first kappa shape index (κ1) is 17.3. The van der Waals surface area contributed by atoms with E-state index in [9.17, 15) is 14.7 Å². The highest BCUT2D eigenvalue weighted by Crippen LogP contribution is 2.27. The van der Waals surface area contributed by atoms with Crippen molar-refractivity contribution in [3.8, 4) is 11.5 Å². The van der Waals surface area contributed by atoms with Crippen molar-refractivity contribution in [2.45, 2.75) is 26.2 Å². The van der Waals surface area contributed by atoms with E-state index >= 15 is 0 Å². The summed E-state index contributed by atoms with van der Waals surface area (Å²) in [5.41, 5.74) is 0.837. The van der Waals surface area contributed by atoms with Crippen LogP contribution in [0.3, 0.4) is 0 Å². The number of hydrogen-bond acceptors (Lipinski definition) is 4. The summed E-state index contributed by atoms with van der Waals surface area (Å²) in [6.45, 7) is 2.12. The number of aryl methyl sites for hydroxylation is 1. The van der Waals surface area contributed by atoms with E-state index in [0.29, 0.717) is 5.75 Å². The maximum atomic E-state index is 11.9. The zero-order valence-electron chi connectivity index (χ0n) is 13.3. The van der Waals surface area contributed by atoms with Gasteiger partial charge in [0.05, 0.1) is 5.69 Å². The summed E-state index contributed by atoms with van der Waals surface area (Å²) in [6, 6.07) is 11.2. The van der Waals surface area contributed by atoms with Crippen molar-refractivity contribution < 1.29 is 24.5 Å². The Hall–Kier alpha value is -3.02. The van der Waals surface area contributed by atoms with Crippen LogP contribution in [-0.2, 0) is 6.42 Å². The van der Waals surface area contributed by atoms with Gasteiger partial charge in [-0.15, -0.1) is 0 Å². The summed E-state index contributed by atoms with van der Waals surface area (Å²) in [6.07, 6.45) is 2.37. The topological polar surface area (TPSA) is 95.9 Å². The van der Waals surface area contributed by atoms with E-state index in [0.717, 1.165) is 24.8 Å². The molecule has 2 aromatic rings. The van der Waals surface area contributed by atoms with Crippen molar-refractivity contribution in [3.63, 3.8) is 0 Å². The number of ether oxygens (including phenoxy) is 1. The van der Waals surface area contributed by atoms with Crippen LogP contribution in [0.1, 0.15) is 35.7 Å². The number of aromatic hydroxyl groups is 1. The molecule has 2 rings (SSSR count). The Morgan fingerprint density at radius 3 is 2.46 bits per heavy atom. The maximum Gasteiger partial charge on any atom is 0.417 e. The minimum Gasteiger partial charge on any atom is -0.505 e. The summed E-state index contributed by atoms with van der Waals surface area (Å²) in [4.78, 5) is 22.8. The molecule has 0 spiro atoms. The number of benzene rings is 2. The first-order chi connectivity index (χ1) is 11.5. The lowest BCUT2D eigenvalue weighted by Gasteiger charge is -2.10. The zero-order valence-corrected chi connectivity index (χ0v) is 13.3. The summed E-state index contributed by atoms with van der Waals surface area (Å²) in [7, 11) is 0. The number of anilines is 1. The van der Waals surface area contributed by atoms with Gasteiger partial charge >= 0.3 is 12.1 Å². The van der Waals surface area contributed by atoms with Crippen LogP contribution in [0, 0.1) is 0 Å². The average molecular weight is 329 g/mol. The predicted molar refractivity (Wildman–Crippen MR) is 89.8 cm³/mol. The van der Waals surface area contributed by atoms with E-state index in [1.165, 1.54) is 18.2 Å². The number of nitrogens with one attached hydrogen (secondary N) is 1. The van der Waals surface area contributed by atoms with Crippen LogP contribution in [0.4, 0.5) is 10.5 Å². The Labute approximate surface area is 139 Å². The first-order valence-electron chi connectivity index (χ1n) is 7.64. The molecule has 126 valence electrons. The Bertz CT molecular complexity index is 725. The summed E-state index contributed by atoms with van der Waals surface area (Å²) < 4.78 is 5.12. The monoisotopic (exact) mass is 329 g/mol. The minimum atomic E-state index is -1.29. The van der Waals surface area contributed by atoms with Crippen molar-refractivity contribution in [2.75, 3.05) is 5.32 Å². The molecule has 0 radical (unpaired) electrons. The lowest BCUT2D eigenvalue weighted by atomic mass is 10.1. The van der Waals surface area contributed by atoms with Crippen LogP contribution < -0.4 is 10.1 Å². The fourth-order valence-electron chi connectivity index (χ4n) is 2.16. The number of hydrogen-bond donors (Lipinski definition) is 3. The largest absolute Gasteiger partial charge is 0.505 e. The smallest absolute Gasteiger partial charge is 0.417 e. The molecule has 6 nitrogen and oxygen atoms in total. The Balaban J connectivity index is 2.01. The van der Waals surface area contributed by atoms with E-state index in [-0.39, 0.29) is 11.3 Å². The van der Waals surface area contributed by atoms with Gasteiger partial charge < -0.3 is 14.9 Å². The number of phenols is 1. The lowest BCUT2D eigenvalue weighted by molar-refractivity contribution is 0.0693. The molecule has 0 bridgehead atoms. The lowest BCUT2D eigenvalue weighted by Crippen LogP contribution is -2.17. The van der Waals surface area contributed by atoms with Crippen molar-refractivity contribution >= 4 is 17.7 Å². The molecule has 6 heteroatoms. The van der Waals surface area contributed by atoms with Gasteiger partial charge in [0, 0.05) is 0 Å². The van der Waals surface area contributed by atoms with E-state index < -0.39 is 17.8 Å². The number of carbonyl (C=O) groups is 2. The van der Waals surface area contributed by atoms with Gasteiger partial charge in [0.2, 0.25) is 0 Å². The van der Waals surface area contributed by atoms with Crippen LogP contribution in [0.2, 0.25) is 0 Å². The Morgan fingerprint density at radius 2 is 1.83 bits per heavy atom. The third-order valence-electron chi connectivity index (χ3n) is 3.46. The van der Waals surface area contributed by atoms with Crippen LogP contribution in [0.5, 0.6) is 11.5 Å². The van der Waals surface area contributed by atoms with Crippen molar-refractivity contribution in [1.29, 1.82) is 0 Å². The quantitative estimate of drug-likeness (QED) is 0.695. The van der Waals surface area contributed by atoms with Gasteiger partial charge in [0.1, 0.15) is 11.3 Å². The van der Waals surface area contributed by atoms with Crippen LogP contribution in [-0.4, -0.2) is 22.3 Å². The highest BCUT2D eigenvalue weighted by Gasteiger charge is 2.15. The standard InChI is InChI=1S/C18H19NO5/c1-2-3-5-12-8-10-13(11-9-12)24-18(23)19-15-7-4-6-14(16(15)20)17(21)22/h4,6-11,20H,2-3,5H2,1H3,(H,19,23)(H,21,22). The van der Waals surface area contributed by atoms with Gasteiger partial charge in [-0.2, -0.15) is 0 Å². The predicted octanol–water partition coefficient (Wildman–Crippen LogP) is 4.04. The molecule has 0 saturated carbocycles. The third kappa shape index (κ3) is 4.49. The fourth-order valence-corrected chi connectivity index (χ4v) is 2.16. The third-order valence-corrected chi connectivity index (χ3v) is 3.46. The second-order valence-electron chi connectivity index (χ2n) is 5.27. The molecule has 0 aromatic heterocycles. The summed E-state index contributed by atoms with van der Waals surface area (Å²) >= 11 is 0. The average Bonchev–Trinajstić information content (AvgIpc) is 2.56. The molecule has 0 saturated heterocycles. The van der Waals surface area contributed by atoms with E-state index in [2.05, 4.69) is 12.2 Å². The van der Waals surface area contributed by atoms with Crippen molar-refractivity contribution in [3.05, 3.63) is 53.6 Å². The Kier molecular flexibility index (Phi) is 5.78. The molecular weight excluding hydrogens is 310 g/mol. The van der Waals surface area contributed by atoms with Crippen LogP contribution in [0.15, 0.2) is 42.5 Å². The molecule has 0 atom stereocenters. The second-order valence-corrected chi connectivity index (χ2v) is 5.27. The normalized spacial score (nSPS) is 10.2. The number of unbranched alkanes of at least 4 members (excludes halogenated alkanes) is 1. The number of para-hydroxylation sites is 1. The molecule has 24 heavy (non-hydrogen) atoms. The molecule has 0 heterocycles. The van der Waals surface area contributed by atoms with Gasteiger partial charge in [0.25, 0.3) is 0 Å². The zero-order chi connectivity index (χ0) is 17.5. The van der Waals surface area contributed by atoms with E-state index in [1.54, 1.807) is 12.1 Å². The number of rotatable bonds is 6. The molecule has 0 aliphatic rings. The minimum absolute atomic E-state index is 0.0283. The molecule has 3 N–H and O–H groups in total. The molecule has 0 aliphatic carbocycles.